The fourth-order valence-corrected chi connectivity index (χ4v) is 2.14. The molecule has 0 aromatic carbocycles. The molecule has 0 bridgehead atoms. The van der Waals surface area contributed by atoms with E-state index in [0.29, 0.717) is 18.9 Å². The lowest BCUT2D eigenvalue weighted by molar-refractivity contribution is -0.144. The molecule has 1 fully saturated rings. The summed E-state index contributed by atoms with van der Waals surface area (Å²) in [5.41, 5.74) is 1.33. The van der Waals surface area contributed by atoms with Gasteiger partial charge in [0.05, 0.1) is 6.61 Å². The molecule has 0 spiro atoms. The van der Waals surface area contributed by atoms with Crippen LogP contribution in [0.25, 0.3) is 0 Å². The summed E-state index contributed by atoms with van der Waals surface area (Å²) in [4.78, 5) is 11.3. The van der Waals surface area contributed by atoms with Crippen molar-refractivity contribution in [3.05, 3.63) is 22.4 Å². The summed E-state index contributed by atoms with van der Waals surface area (Å²) >= 11 is 1.70. The zero-order valence-corrected chi connectivity index (χ0v) is 9.59. The second-order valence-corrected chi connectivity index (χ2v) is 4.89. The second kappa shape index (κ2) is 5.31. The molecule has 2 rings (SSSR count). The zero-order valence-electron chi connectivity index (χ0n) is 8.78. The maximum Gasteiger partial charge on any atom is 0.305 e. The lowest BCUT2D eigenvalue weighted by Crippen LogP contribution is -2.07. The minimum Gasteiger partial charge on any atom is -0.465 e. The first-order chi connectivity index (χ1) is 7.34. The number of hydrogen-bond donors (Lipinski definition) is 0. The van der Waals surface area contributed by atoms with E-state index < -0.39 is 0 Å². The Morgan fingerprint density at radius 2 is 2.40 bits per heavy atom. The van der Waals surface area contributed by atoms with E-state index in [-0.39, 0.29) is 5.97 Å². The Hall–Kier alpha value is -0.830. The Labute approximate surface area is 94.3 Å². The topological polar surface area (TPSA) is 26.3 Å². The van der Waals surface area contributed by atoms with E-state index in [4.69, 9.17) is 4.74 Å². The average molecular weight is 224 g/mol. The van der Waals surface area contributed by atoms with E-state index in [0.717, 1.165) is 12.8 Å². The highest BCUT2D eigenvalue weighted by Crippen LogP contribution is 2.28. The molecular weight excluding hydrogens is 208 g/mol. The van der Waals surface area contributed by atoms with Crippen LogP contribution in [-0.2, 0) is 16.0 Å². The van der Waals surface area contributed by atoms with E-state index in [1.807, 2.05) is 0 Å². The number of rotatable bonds is 6. The van der Waals surface area contributed by atoms with Gasteiger partial charge in [0.1, 0.15) is 0 Å². The van der Waals surface area contributed by atoms with Crippen LogP contribution >= 0.6 is 11.3 Å². The number of carbonyl (C=O) groups is 1. The molecule has 0 radical (unpaired) electrons. The second-order valence-electron chi connectivity index (χ2n) is 4.11. The SMILES string of the molecule is O=C(CCCc1ccsc1)OCC1CC1. The third-order valence-electron chi connectivity index (χ3n) is 2.60. The fourth-order valence-electron chi connectivity index (χ4n) is 1.44. The van der Waals surface area contributed by atoms with Crippen molar-refractivity contribution in [2.75, 3.05) is 6.61 Å². The summed E-state index contributed by atoms with van der Waals surface area (Å²) in [5, 5.41) is 4.20. The number of aryl methyl sites for hydroxylation is 1. The van der Waals surface area contributed by atoms with Crippen LogP contribution in [-0.4, -0.2) is 12.6 Å². The van der Waals surface area contributed by atoms with Gasteiger partial charge in [-0.3, -0.25) is 4.79 Å². The number of ether oxygens (including phenoxy) is 1. The van der Waals surface area contributed by atoms with Crippen LogP contribution in [0.4, 0.5) is 0 Å². The van der Waals surface area contributed by atoms with Crippen LogP contribution < -0.4 is 0 Å². The van der Waals surface area contributed by atoms with Gasteiger partial charge in [-0.1, -0.05) is 0 Å². The smallest absolute Gasteiger partial charge is 0.305 e. The molecule has 0 amide bonds. The van der Waals surface area contributed by atoms with Crippen molar-refractivity contribution in [2.24, 2.45) is 5.92 Å². The van der Waals surface area contributed by atoms with Crippen LogP contribution in [0.15, 0.2) is 16.8 Å². The van der Waals surface area contributed by atoms with Crippen molar-refractivity contribution in [2.45, 2.75) is 32.1 Å². The van der Waals surface area contributed by atoms with Crippen LogP contribution in [0.5, 0.6) is 0 Å². The lowest BCUT2D eigenvalue weighted by Gasteiger charge is -2.02. The molecule has 15 heavy (non-hydrogen) atoms. The Morgan fingerprint density at radius 3 is 3.07 bits per heavy atom. The van der Waals surface area contributed by atoms with Crippen LogP contribution in [0, 0.1) is 5.92 Å². The van der Waals surface area contributed by atoms with Gasteiger partial charge < -0.3 is 4.74 Å². The molecular formula is C12H16O2S. The van der Waals surface area contributed by atoms with Crippen molar-refractivity contribution >= 4 is 17.3 Å². The third kappa shape index (κ3) is 4.04. The first kappa shape index (κ1) is 10.7. The molecule has 1 aromatic rings. The largest absolute Gasteiger partial charge is 0.465 e. The van der Waals surface area contributed by atoms with E-state index in [9.17, 15) is 4.79 Å². The average Bonchev–Trinajstić information content (AvgIpc) is 2.92. The lowest BCUT2D eigenvalue weighted by atomic mass is 10.1. The third-order valence-corrected chi connectivity index (χ3v) is 3.34. The van der Waals surface area contributed by atoms with Gasteiger partial charge in [-0.25, -0.2) is 0 Å². The minimum absolute atomic E-state index is 0.0304. The van der Waals surface area contributed by atoms with E-state index in [1.54, 1.807) is 11.3 Å². The molecule has 2 nitrogen and oxygen atoms in total. The van der Waals surface area contributed by atoms with Gasteiger partial charge in [-0.05, 0) is 54.0 Å². The van der Waals surface area contributed by atoms with Crippen LogP contribution in [0.3, 0.4) is 0 Å². The Balaban J connectivity index is 1.54. The monoisotopic (exact) mass is 224 g/mol. The molecule has 0 unspecified atom stereocenters. The highest BCUT2D eigenvalue weighted by Gasteiger charge is 2.22. The van der Waals surface area contributed by atoms with Gasteiger partial charge in [0.2, 0.25) is 0 Å². The summed E-state index contributed by atoms with van der Waals surface area (Å²) in [6.45, 7) is 0.650. The number of thiophene rings is 1. The van der Waals surface area contributed by atoms with Crippen molar-refractivity contribution in [1.82, 2.24) is 0 Å². The van der Waals surface area contributed by atoms with Gasteiger partial charge in [-0.2, -0.15) is 11.3 Å². The number of hydrogen-bond acceptors (Lipinski definition) is 3. The molecule has 1 aromatic heterocycles. The first-order valence-electron chi connectivity index (χ1n) is 5.51. The van der Waals surface area contributed by atoms with Crippen molar-refractivity contribution in [3.63, 3.8) is 0 Å². The molecule has 0 atom stereocenters. The van der Waals surface area contributed by atoms with E-state index in [2.05, 4.69) is 16.8 Å². The molecule has 1 heterocycles. The number of carbonyl (C=O) groups excluding carboxylic acids is 1. The van der Waals surface area contributed by atoms with Gasteiger partial charge in [0.25, 0.3) is 0 Å². The highest BCUT2D eigenvalue weighted by molar-refractivity contribution is 7.07. The summed E-state index contributed by atoms with van der Waals surface area (Å²) in [6.07, 6.45) is 4.93. The van der Waals surface area contributed by atoms with Crippen LogP contribution in [0.2, 0.25) is 0 Å². The predicted molar refractivity (Wildman–Crippen MR) is 60.9 cm³/mol. The Bertz CT molecular complexity index is 301. The highest BCUT2D eigenvalue weighted by atomic mass is 32.1. The van der Waals surface area contributed by atoms with Crippen molar-refractivity contribution in [3.8, 4) is 0 Å². The first-order valence-corrected chi connectivity index (χ1v) is 6.45. The van der Waals surface area contributed by atoms with E-state index in [1.165, 1.54) is 18.4 Å². The summed E-state index contributed by atoms with van der Waals surface area (Å²) in [5.74, 6) is 0.642. The molecule has 1 aliphatic carbocycles. The Morgan fingerprint density at radius 1 is 1.53 bits per heavy atom. The molecule has 0 N–H and O–H groups in total. The summed E-state index contributed by atoms with van der Waals surface area (Å²) < 4.78 is 5.15. The molecule has 0 saturated heterocycles. The normalized spacial score (nSPS) is 15.2. The molecule has 82 valence electrons. The fraction of sp³-hybridized carbons (Fsp3) is 0.583. The molecule has 1 saturated carbocycles. The molecule has 1 aliphatic rings. The number of esters is 1. The minimum atomic E-state index is -0.0304. The molecule has 3 heteroatoms. The maximum absolute atomic E-state index is 11.3. The van der Waals surface area contributed by atoms with Gasteiger partial charge in [0.15, 0.2) is 0 Å². The van der Waals surface area contributed by atoms with Crippen LogP contribution in [0.1, 0.15) is 31.2 Å². The van der Waals surface area contributed by atoms with E-state index >= 15 is 0 Å². The summed E-state index contributed by atoms with van der Waals surface area (Å²) in [6, 6.07) is 2.11. The Kier molecular flexibility index (Phi) is 3.78. The molecule has 0 aliphatic heterocycles. The quantitative estimate of drug-likeness (QED) is 0.694. The van der Waals surface area contributed by atoms with Gasteiger partial charge in [-0.15, -0.1) is 0 Å². The summed E-state index contributed by atoms with van der Waals surface area (Å²) in [7, 11) is 0. The van der Waals surface area contributed by atoms with Gasteiger partial charge in [0, 0.05) is 6.42 Å². The predicted octanol–water partition coefficient (Wildman–Crippen LogP) is 3.02. The van der Waals surface area contributed by atoms with Crippen molar-refractivity contribution in [1.29, 1.82) is 0 Å². The van der Waals surface area contributed by atoms with Gasteiger partial charge >= 0.3 is 5.97 Å². The maximum atomic E-state index is 11.3. The zero-order chi connectivity index (χ0) is 10.5. The standard InChI is InChI=1S/C12H16O2S/c13-12(14-8-10-4-5-10)3-1-2-11-6-7-15-9-11/h6-7,9-10H,1-5,8H2. The van der Waals surface area contributed by atoms with Crippen molar-refractivity contribution < 1.29 is 9.53 Å².